The largest absolute Gasteiger partial charge is 0.480 e. The number of aliphatic carboxylic acids is 1. The molecule has 1 aromatic rings. The van der Waals surface area contributed by atoms with E-state index < -0.39 is 36.4 Å². The van der Waals surface area contributed by atoms with E-state index in [4.69, 9.17) is 14.2 Å². The van der Waals surface area contributed by atoms with E-state index in [1.165, 1.54) is 4.90 Å². The van der Waals surface area contributed by atoms with Crippen LogP contribution in [0.25, 0.3) is 0 Å². The third-order valence-corrected chi connectivity index (χ3v) is 5.89. The fraction of sp³-hybridized carbons (Fsp3) is 0.609. The fourth-order valence-corrected chi connectivity index (χ4v) is 4.28. The zero-order valence-electron chi connectivity index (χ0n) is 18.6. The number of carboxylic acid groups (broad SMARTS) is 1. The number of likely N-dealkylation sites (tertiary alicyclic amines) is 1. The van der Waals surface area contributed by atoms with Gasteiger partial charge in [-0.05, 0) is 38.7 Å². The molecule has 0 bridgehead atoms. The molecule has 1 aromatic carbocycles. The fourth-order valence-electron chi connectivity index (χ4n) is 4.28. The molecule has 4 atom stereocenters. The van der Waals surface area contributed by atoms with Crippen molar-refractivity contribution in [3.8, 4) is 0 Å². The topological polar surface area (TPSA) is 114 Å². The van der Waals surface area contributed by atoms with Crippen molar-refractivity contribution in [3.05, 3.63) is 35.9 Å². The van der Waals surface area contributed by atoms with Crippen LogP contribution in [-0.2, 0) is 35.0 Å². The number of nitrogens with one attached hydrogen (secondary N) is 1. The van der Waals surface area contributed by atoms with E-state index >= 15 is 0 Å². The van der Waals surface area contributed by atoms with E-state index in [2.05, 4.69) is 5.32 Å². The highest BCUT2D eigenvalue weighted by molar-refractivity contribution is 5.88. The number of esters is 1. The van der Waals surface area contributed by atoms with Gasteiger partial charge < -0.3 is 24.2 Å². The highest BCUT2D eigenvalue weighted by Gasteiger charge is 2.45. The van der Waals surface area contributed by atoms with E-state index in [1.54, 1.807) is 13.8 Å². The Labute approximate surface area is 188 Å². The lowest BCUT2D eigenvalue weighted by Crippen LogP contribution is -2.53. The Morgan fingerprint density at radius 3 is 2.53 bits per heavy atom. The van der Waals surface area contributed by atoms with Crippen molar-refractivity contribution in [3.63, 3.8) is 0 Å². The second kappa shape index (κ2) is 11.4. The molecule has 9 nitrogen and oxygen atoms in total. The third-order valence-electron chi connectivity index (χ3n) is 5.89. The number of carbonyl (C=O) groups excluding carboxylic acids is 2. The number of benzene rings is 1. The summed E-state index contributed by atoms with van der Waals surface area (Å²) in [5.74, 6) is -2.05. The van der Waals surface area contributed by atoms with Gasteiger partial charge in [-0.3, -0.25) is 14.9 Å². The van der Waals surface area contributed by atoms with E-state index in [9.17, 15) is 19.5 Å². The normalized spacial score (nSPS) is 23.1. The van der Waals surface area contributed by atoms with Crippen molar-refractivity contribution in [1.29, 1.82) is 0 Å². The highest BCUT2D eigenvalue weighted by atomic mass is 16.7. The molecule has 1 amide bonds. The third kappa shape index (κ3) is 6.05. The van der Waals surface area contributed by atoms with Crippen molar-refractivity contribution in [2.45, 2.75) is 57.5 Å². The lowest BCUT2D eigenvalue weighted by Gasteiger charge is -2.28. The molecule has 0 saturated carbocycles. The SMILES string of the molecule is CCOC(=O)[C@H](CCc1ccccc1)N[C@@H](C)C(=O)N1C[C@@H](C2OCCO2)C[C@@H]1C(=O)O. The number of carbonyl (C=O) groups is 3. The molecule has 2 heterocycles. The molecule has 0 aliphatic carbocycles. The zero-order valence-corrected chi connectivity index (χ0v) is 18.6. The minimum Gasteiger partial charge on any atom is -0.480 e. The standard InChI is InChI=1S/C23H32N2O7/c1-3-30-22(29)18(10-9-16-7-5-4-6-8-16)24-15(2)20(26)25-14-17(13-19(25)21(27)28)23-31-11-12-32-23/h4-8,15,17-19,23-24H,3,9-14H2,1-2H3,(H,27,28)/t15-,17-,18-,19+/m0/s1. The monoisotopic (exact) mass is 448 g/mol. The predicted octanol–water partition coefficient (Wildman–Crippen LogP) is 1.20. The number of carboxylic acids is 1. The second-order valence-corrected chi connectivity index (χ2v) is 8.17. The van der Waals surface area contributed by atoms with E-state index in [0.717, 1.165) is 5.56 Å². The summed E-state index contributed by atoms with van der Waals surface area (Å²) < 4.78 is 16.2. The first-order valence-corrected chi connectivity index (χ1v) is 11.1. The van der Waals surface area contributed by atoms with Crippen LogP contribution in [0.3, 0.4) is 0 Å². The van der Waals surface area contributed by atoms with Gasteiger partial charge >= 0.3 is 11.9 Å². The lowest BCUT2D eigenvalue weighted by molar-refractivity contribution is -0.150. The number of aryl methyl sites for hydroxylation is 1. The maximum Gasteiger partial charge on any atom is 0.326 e. The summed E-state index contributed by atoms with van der Waals surface area (Å²) in [4.78, 5) is 38.8. The summed E-state index contributed by atoms with van der Waals surface area (Å²) in [6, 6.07) is 7.36. The van der Waals surface area contributed by atoms with Crippen LogP contribution in [0.5, 0.6) is 0 Å². The van der Waals surface area contributed by atoms with Gasteiger partial charge in [0.2, 0.25) is 5.91 Å². The maximum atomic E-state index is 13.2. The quantitative estimate of drug-likeness (QED) is 0.514. The molecular weight excluding hydrogens is 416 g/mol. The molecule has 2 aliphatic rings. The van der Waals surface area contributed by atoms with Crippen molar-refractivity contribution in [2.75, 3.05) is 26.4 Å². The van der Waals surface area contributed by atoms with Crippen LogP contribution in [0.2, 0.25) is 0 Å². The molecule has 2 fully saturated rings. The molecule has 32 heavy (non-hydrogen) atoms. The number of nitrogens with zero attached hydrogens (tertiary/aromatic N) is 1. The molecule has 3 rings (SSSR count). The van der Waals surface area contributed by atoms with Gasteiger partial charge in [-0.2, -0.15) is 0 Å². The van der Waals surface area contributed by atoms with E-state index in [-0.39, 0.29) is 31.4 Å². The van der Waals surface area contributed by atoms with Crippen LogP contribution in [-0.4, -0.2) is 78.6 Å². The van der Waals surface area contributed by atoms with E-state index in [0.29, 0.717) is 26.1 Å². The van der Waals surface area contributed by atoms with Crippen LogP contribution >= 0.6 is 0 Å². The molecule has 0 spiro atoms. The average molecular weight is 449 g/mol. The molecule has 2 saturated heterocycles. The van der Waals surface area contributed by atoms with Crippen LogP contribution in [0.1, 0.15) is 32.3 Å². The van der Waals surface area contributed by atoms with Crippen molar-refractivity contribution in [1.82, 2.24) is 10.2 Å². The highest BCUT2D eigenvalue weighted by Crippen LogP contribution is 2.30. The van der Waals surface area contributed by atoms with Gasteiger partial charge in [-0.25, -0.2) is 4.79 Å². The Balaban J connectivity index is 1.65. The Hall–Kier alpha value is -2.49. The number of hydrogen-bond donors (Lipinski definition) is 2. The summed E-state index contributed by atoms with van der Waals surface area (Å²) in [7, 11) is 0. The summed E-state index contributed by atoms with van der Waals surface area (Å²) in [6.07, 6.45) is 0.872. The number of ether oxygens (including phenoxy) is 3. The van der Waals surface area contributed by atoms with Gasteiger partial charge in [0.1, 0.15) is 12.1 Å². The van der Waals surface area contributed by atoms with Crippen LogP contribution < -0.4 is 5.32 Å². The zero-order chi connectivity index (χ0) is 23.1. The lowest BCUT2D eigenvalue weighted by atomic mass is 10.0. The molecule has 2 aliphatic heterocycles. The average Bonchev–Trinajstić information content (AvgIpc) is 3.46. The Morgan fingerprint density at radius 2 is 1.91 bits per heavy atom. The summed E-state index contributed by atoms with van der Waals surface area (Å²) >= 11 is 0. The van der Waals surface area contributed by atoms with Crippen LogP contribution in [0.4, 0.5) is 0 Å². The molecular formula is C23H32N2O7. The first kappa shape index (κ1) is 24.2. The Kier molecular flexibility index (Phi) is 8.60. The van der Waals surface area contributed by atoms with Crippen LogP contribution in [0.15, 0.2) is 30.3 Å². The molecule has 0 radical (unpaired) electrons. The molecule has 0 aromatic heterocycles. The van der Waals surface area contributed by atoms with Crippen LogP contribution in [0, 0.1) is 5.92 Å². The first-order chi connectivity index (χ1) is 15.4. The maximum absolute atomic E-state index is 13.2. The smallest absolute Gasteiger partial charge is 0.326 e. The predicted molar refractivity (Wildman–Crippen MR) is 115 cm³/mol. The summed E-state index contributed by atoms with van der Waals surface area (Å²) in [6.45, 7) is 4.78. The van der Waals surface area contributed by atoms with Gasteiger partial charge in [0.25, 0.3) is 0 Å². The summed E-state index contributed by atoms with van der Waals surface area (Å²) in [5, 5.41) is 12.7. The van der Waals surface area contributed by atoms with Crippen molar-refractivity contribution >= 4 is 17.8 Å². The van der Waals surface area contributed by atoms with Gasteiger partial charge in [-0.15, -0.1) is 0 Å². The number of rotatable bonds is 10. The molecule has 176 valence electrons. The minimum absolute atomic E-state index is 0.200. The van der Waals surface area contributed by atoms with E-state index in [1.807, 2.05) is 30.3 Å². The van der Waals surface area contributed by atoms with Gasteiger partial charge in [0, 0.05) is 12.5 Å². The first-order valence-electron chi connectivity index (χ1n) is 11.1. The van der Waals surface area contributed by atoms with Gasteiger partial charge in [-0.1, -0.05) is 30.3 Å². The van der Waals surface area contributed by atoms with Gasteiger partial charge in [0.05, 0.1) is 25.9 Å². The summed E-state index contributed by atoms with van der Waals surface area (Å²) in [5.41, 5.74) is 1.08. The molecule has 0 unspecified atom stereocenters. The number of hydrogen-bond acceptors (Lipinski definition) is 7. The van der Waals surface area contributed by atoms with Crippen molar-refractivity contribution < 1.29 is 33.7 Å². The minimum atomic E-state index is -1.06. The molecule has 2 N–H and O–H groups in total. The Bertz CT molecular complexity index is 782. The van der Waals surface area contributed by atoms with Crippen molar-refractivity contribution in [2.24, 2.45) is 5.92 Å². The second-order valence-electron chi connectivity index (χ2n) is 8.17. The van der Waals surface area contributed by atoms with Gasteiger partial charge in [0.15, 0.2) is 6.29 Å². The number of amides is 1. The Morgan fingerprint density at radius 1 is 1.22 bits per heavy atom. The molecule has 9 heteroatoms.